The van der Waals surface area contributed by atoms with E-state index < -0.39 is 0 Å². The van der Waals surface area contributed by atoms with Gasteiger partial charge in [-0.05, 0) is 37.3 Å². The average Bonchev–Trinajstić information content (AvgIpc) is 2.63. The number of hydrogen-bond donors (Lipinski definition) is 2. The Morgan fingerprint density at radius 1 is 1.30 bits per heavy atom. The van der Waals surface area contributed by atoms with E-state index in [4.69, 9.17) is 9.73 Å². The van der Waals surface area contributed by atoms with E-state index in [1.54, 1.807) is 0 Å². The molecule has 6 nitrogen and oxygen atoms in total. The van der Waals surface area contributed by atoms with Crippen molar-refractivity contribution in [2.45, 2.75) is 53.2 Å². The van der Waals surface area contributed by atoms with Gasteiger partial charge in [-0.1, -0.05) is 26.8 Å². The Hall–Kier alpha value is -1.82. The van der Waals surface area contributed by atoms with Crippen molar-refractivity contribution in [2.75, 3.05) is 38.7 Å². The molecular weight excluding hydrogens is 338 g/mol. The van der Waals surface area contributed by atoms with E-state index in [9.17, 15) is 0 Å². The van der Waals surface area contributed by atoms with Gasteiger partial charge in [0.1, 0.15) is 5.82 Å². The van der Waals surface area contributed by atoms with Crippen molar-refractivity contribution < 1.29 is 4.74 Å². The van der Waals surface area contributed by atoms with Crippen molar-refractivity contribution in [1.29, 1.82) is 0 Å². The Labute approximate surface area is 164 Å². The summed E-state index contributed by atoms with van der Waals surface area (Å²) in [7, 11) is 4.00. The maximum absolute atomic E-state index is 6.10. The lowest BCUT2D eigenvalue weighted by molar-refractivity contribution is -0.0835. The monoisotopic (exact) mass is 375 g/mol. The molecule has 1 aromatic heterocycles. The zero-order chi connectivity index (χ0) is 19.9. The van der Waals surface area contributed by atoms with Gasteiger partial charge < -0.3 is 20.3 Å². The second-order valence-corrected chi connectivity index (χ2v) is 8.52. The number of hydrogen-bond acceptors (Lipinski definition) is 4. The lowest BCUT2D eigenvalue weighted by Crippen LogP contribution is -2.47. The van der Waals surface area contributed by atoms with Crippen molar-refractivity contribution in [3.63, 3.8) is 0 Å². The van der Waals surface area contributed by atoms with E-state index >= 15 is 0 Å². The number of nitrogens with one attached hydrogen (secondary N) is 2. The third-order valence-corrected chi connectivity index (χ3v) is 4.82. The molecular formula is C21H37N5O. The van der Waals surface area contributed by atoms with Crippen LogP contribution >= 0.6 is 0 Å². The predicted molar refractivity (Wildman–Crippen MR) is 113 cm³/mol. The van der Waals surface area contributed by atoms with Crippen molar-refractivity contribution >= 4 is 11.8 Å². The summed E-state index contributed by atoms with van der Waals surface area (Å²) in [6, 6.07) is 6.05. The molecule has 152 valence electrons. The minimum absolute atomic E-state index is 0.152. The maximum Gasteiger partial charge on any atom is 0.191 e. The summed E-state index contributed by atoms with van der Waals surface area (Å²) in [5.74, 6) is 2.29. The van der Waals surface area contributed by atoms with Crippen LogP contribution in [0, 0.1) is 11.3 Å². The number of anilines is 1. The van der Waals surface area contributed by atoms with Crippen molar-refractivity contribution in [2.24, 2.45) is 16.3 Å². The normalized spacial score (nSPS) is 21.0. The molecule has 0 aromatic carbocycles. The number of aliphatic imine (C=N–C) groups is 1. The first kappa shape index (κ1) is 21.5. The summed E-state index contributed by atoms with van der Waals surface area (Å²) in [4.78, 5) is 11.4. The van der Waals surface area contributed by atoms with E-state index in [1.165, 1.54) is 6.42 Å². The Morgan fingerprint density at radius 2 is 2.07 bits per heavy atom. The Kier molecular flexibility index (Phi) is 7.90. The molecule has 1 aliphatic heterocycles. The summed E-state index contributed by atoms with van der Waals surface area (Å²) in [5.41, 5.74) is 1.12. The largest absolute Gasteiger partial charge is 0.377 e. The fourth-order valence-electron chi connectivity index (χ4n) is 3.54. The predicted octanol–water partition coefficient (Wildman–Crippen LogP) is 3.04. The molecule has 0 spiro atoms. The summed E-state index contributed by atoms with van der Waals surface area (Å²) >= 11 is 0. The van der Waals surface area contributed by atoms with Crippen LogP contribution in [0.15, 0.2) is 23.2 Å². The second kappa shape index (κ2) is 9.93. The van der Waals surface area contributed by atoms with Crippen LogP contribution in [0.25, 0.3) is 0 Å². The lowest BCUT2D eigenvalue weighted by atomic mass is 9.78. The van der Waals surface area contributed by atoms with Crippen LogP contribution < -0.4 is 15.5 Å². The van der Waals surface area contributed by atoms with Gasteiger partial charge >= 0.3 is 0 Å². The molecule has 27 heavy (non-hydrogen) atoms. The molecule has 2 rings (SSSR count). The highest BCUT2D eigenvalue weighted by Crippen LogP contribution is 2.33. The van der Waals surface area contributed by atoms with Gasteiger partial charge in [-0.25, -0.2) is 9.98 Å². The Balaban J connectivity index is 2.00. The molecule has 1 aliphatic rings. The second-order valence-electron chi connectivity index (χ2n) is 8.52. The molecule has 1 fully saturated rings. The third-order valence-electron chi connectivity index (χ3n) is 4.82. The van der Waals surface area contributed by atoms with Crippen LogP contribution in [0.2, 0.25) is 0 Å². The molecule has 6 heteroatoms. The topological polar surface area (TPSA) is 61.8 Å². The first-order valence-corrected chi connectivity index (χ1v) is 10.1. The van der Waals surface area contributed by atoms with E-state index in [0.29, 0.717) is 12.5 Å². The van der Waals surface area contributed by atoms with Gasteiger partial charge in [0.2, 0.25) is 0 Å². The maximum atomic E-state index is 6.10. The summed E-state index contributed by atoms with van der Waals surface area (Å²) < 4.78 is 6.10. The summed E-state index contributed by atoms with van der Waals surface area (Å²) in [5, 5.41) is 6.86. The first-order chi connectivity index (χ1) is 12.8. The molecule has 0 saturated carbocycles. The van der Waals surface area contributed by atoms with Crippen molar-refractivity contribution in [3.8, 4) is 0 Å². The molecule has 1 aromatic rings. The number of guanidine groups is 1. The zero-order valence-electron chi connectivity index (χ0n) is 17.9. The molecule has 0 radical (unpaired) electrons. The fourth-order valence-corrected chi connectivity index (χ4v) is 3.54. The summed E-state index contributed by atoms with van der Waals surface area (Å²) in [6.07, 6.45) is 2.61. The van der Waals surface area contributed by atoms with Crippen molar-refractivity contribution in [1.82, 2.24) is 15.6 Å². The van der Waals surface area contributed by atoms with Crippen LogP contribution in [-0.4, -0.2) is 50.8 Å². The standard InChI is InChI=1S/C21H37N5O/c1-7-22-20(24-15-17-11-8-12-18(25-17)26(5)6)23-14-16-10-9-13-27-19(16)21(2,3)4/h8,11-12,16,19H,7,9-10,13-15H2,1-6H3,(H2,22,23,24). The molecule has 0 bridgehead atoms. The van der Waals surface area contributed by atoms with Gasteiger partial charge in [-0.3, -0.25) is 0 Å². The molecule has 2 unspecified atom stereocenters. The smallest absolute Gasteiger partial charge is 0.191 e. The fraction of sp³-hybridized carbons (Fsp3) is 0.714. The quantitative estimate of drug-likeness (QED) is 0.591. The Morgan fingerprint density at radius 3 is 2.74 bits per heavy atom. The van der Waals surface area contributed by atoms with Gasteiger partial charge in [0.05, 0.1) is 18.3 Å². The summed E-state index contributed by atoms with van der Waals surface area (Å²) in [6.45, 7) is 12.0. The van der Waals surface area contributed by atoms with Gasteiger partial charge in [0.15, 0.2) is 5.96 Å². The zero-order valence-corrected chi connectivity index (χ0v) is 17.9. The highest BCUT2D eigenvalue weighted by molar-refractivity contribution is 5.79. The number of rotatable bonds is 6. The van der Waals surface area contributed by atoms with Gasteiger partial charge in [-0.15, -0.1) is 0 Å². The molecule has 1 saturated heterocycles. The van der Waals surface area contributed by atoms with Crippen LogP contribution in [0.1, 0.15) is 46.2 Å². The van der Waals surface area contributed by atoms with E-state index in [-0.39, 0.29) is 11.5 Å². The molecule has 0 aliphatic carbocycles. The third kappa shape index (κ3) is 6.69. The minimum Gasteiger partial charge on any atom is -0.377 e. The van der Waals surface area contributed by atoms with E-state index in [1.807, 2.05) is 37.2 Å². The van der Waals surface area contributed by atoms with Crippen LogP contribution in [-0.2, 0) is 11.3 Å². The highest BCUT2D eigenvalue weighted by Gasteiger charge is 2.35. The van der Waals surface area contributed by atoms with Crippen LogP contribution in [0.3, 0.4) is 0 Å². The van der Waals surface area contributed by atoms with E-state index in [2.05, 4.69) is 43.3 Å². The average molecular weight is 376 g/mol. The molecule has 2 atom stereocenters. The Bertz CT molecular complexity index is 609. The van der Waals surface area contributed by atoms with Gasteiger partial charge in [0.25, 0.3) is 0 Å². The SMILES string of the molecule is CCNC(=NCc1cccc(N(C)C)n1)NCC1CCCOC1C(C)(C)C. The van der Waals surface area contributed by atoms with Crippen LogP contribution in [0.5, 0.6) is 0 Å². The highest BCUT2D eigenvalue weighted by atomic mass is 16.5. The number of pyridine rings is 1. The van der Waals surface area contributed by atoms with Gasteiger partial charge in [0, 0.05) is 39.7 Å². The molecule has 2 N–H and O–H groups in total. The number of ether oxygens (including phenoxy) is 1. The lowest BCUT2D eigenvalue weighted by Gasteiger charge is -2.40. The number of nitrogens with zero attached hydrogens (tertiary/aromatic N) is 3. The van der Waals surface area contributed by atoms with Crippen molar-refractivity contribution in [3.05, 3.63) is 23.9 Å². The van der Waals surface area contributed by atoms with Gasteiger partial charge in [-0.2, -0.15) is 0 Å². The first-order valence-electron chi connectivity index (χ1n) is 10.1. The number of aromatic nitrogens is 1. The van der Waals surface area contributed by atoms with Crippen LogP contribution in [0.4, 0.5) is 5.82 Å². The minimum atomic E-state index is 0.152. The molecule has 2 heterocycles. The molecule has 0 amide bonds. The van der Waals surface area contributed by atoms with E-state index in [0.717, 1.165) is 43.6 Å².